The van der Waals surface area contributed by atoms with Crippen LogP contribution in [-0.4, -0.2) is 10.9 Å². The van der Waals surface area contributed by atoms with Crippen LogP contribution in [0.2, 0.25) is 10.0 Å². The van der Waals surface area contributed by atoms with Gasteiger partial charge in [-0.25, -0.2) is 4.98 Å². The maximum atomic E-state index is 12.3. The lowest BCUT2D eigenvalue weighted by Gasteiger charge is -2.07. The van der Waals surface area contributed by atoms with E-state index in [0.29, 0.717) is 16.4 Å². The molecule has 0 bridgehead atoms. The van der Waals surface area contributed by atoms with Crippen molar-refractivity contribution in [2.24, 2.45) is 0 Å². The van der Waals surface area contributed by atoms with Crippen molar-refractivity contribution in [1.29, 1.82) is 5.26 Å². The standard InChI is InChI=1S/C17H9Cl2N3OS2/c18-12-3-1-4-13(15(12)19)22-16(23)10(8-20)7-11-9-25-17(21-11)14-5-2-6-24-14/h1-7,9H,(H,22,23)/b10-7+. The first-order valence-corrected chi connectivity index (χ1v) is 9.46. The van der Waals surface area contributed by atoms with Crippen molar-refractivity contribution < 1.29 is 4.79 Å². The Balaban J connectivity index is 1.82. The predicted molar refractivity (Wildman–Crippen MR) is 104 cm³/mol. The molecule has 0 fully saturated rings. The van der Waals surface area contributed by atoms with Crippen LogP contribution in [0, 0.1) is 11.3 Å². The summed E-state index contributed by atoms with van der Waals surface area (Å²) in [5.74, 6) is -0.572. The largest absolute Gasteiger partial charge is 0.320 e. The number of thiazole rings is 1. The Kier molecular flexibility index (Phi) is 5.51. The number of aromatic nitrogens is 1. The summed E-state index contributed by atoms with van der Waals surface area (Å²) in [7, 11) is 0. The van der Waals surface area contributed by atoms with Gasteiger partial charge in [0.15, 0.2) is 0 Å². The second kappa shape index (κ2) is 7.81. The van der Waals surface area contributed by atoms with Crippen molar-refractivity contribution >= 4 is 63.5 Å². The van der Waals surface area contributed by atoms with E-state index in [9.17, 15) is 10.1 Å². The monoisotopic (exact) mass is 405 g/mol. The minimum atomic E-state index is -0.572. The molecule has 1 amide bonds. The zero-order chi connectivity index (χ0) is 17.8. The summed E-state index contributed by atoms with van der Waals surface area (Å²) in [5, 5.41) is 17.0. The summed E-state index contributed by atoms with van der Waals surface area (Å²) in [4.78, 5) is 17.8. The Hall–Kier alpha value is -2.17. The molecule has 1 aromatic carbocycles. The highest BCUT2D eigenvalue weighted by Crippen LogP contribution is 2.30. The Labute approximate surface area is 162 Å². The summed E-state index contributed by atoms with van der Waals surface area (Å²) in [5.41, 5.74) is 0.828. The van der Waals surface area contributed by atoms with E-state index in [1.807, 2.05) is 23.6 Å². The lowest BCUT2D eigenvalue weighted by atomic mass is 10.2. The van der Waals surface area contributed by atoms with E-state index in [-0.39, 0.29) is 10.6 Å². The number of carbonyl (C=O) groups excluding carboxylic acids is 1. The summed E-state index contributed by atoms with van der Waals surface area (Å²) in [6.07, 6.45) is 1.45. The number of carbonyl (C=O) groups is 1. The van der Waals surface area contributed by atoms with E-state index in [0.717, 1.165) is 9.88 Å². The summed E-state index contributed by atoms with van der Waals surface area (Å²) >= 11 is 15.0. The van der Waals surface area contributed by atoms with E-state index < -0.39 is 5.91 Å². The molecule has 3 aromatic rings. The van der Waals surface area contributed by atoms with Crippen molar-refractivity contribution in [2.45, 2.75) is 0 Å². The summed E-state index contributed by atoms with van der Waals surface area (Å²) < 4.78 is 0. The van der Waals surface area contributed by atoms with Gasteiger partial charge in [-0.05, 0) is 29.7 Å². The van der Waals surface area contributed by atoms with Crippen LogP contribution >= 0.6 is 45.9 Å². The third kappa shape index (κ3) is 4.09. The zero-order valence-electron chi connectivity index (χ0n) is 12.5. The third-order valence-corrected chi connectivity index (χ3v) is 5.83. The second-order valence-corrected chi connectivity index (χ2v) is 7.37. The second-order valence-electron chi connectivity index (χ2n) is 4.78. The first kappa shape index (κ1) is 17.6. The molecule has 3 rings (SSSR count). The number of hydrogen-bond acceptors (Lipinski definition) is 5. The molecule has 8 heteroatoms. The molecule has 2 heterocycles. The first-order valence-electron chi connectivity index (χ1n) is 6.95. The topological polar surface area (TPSA) is 65.8 Å². The van der Waals surface area contributed by atoms with Crippen molar-refractivity contribution in [3.05, 3.63) is 62.4 Å². The van der Waals surface area contributed by atoms with Crippen molar-refractivity contribution in [1.82, 2.24) is 4.98 Å². The van der Waals surface area contributed by atoms with Crippen LogP contribution in [0.3, 0.4) is 0 Å². The van der Waals surface area contributed by atoms with E-state index in [2.05, 4.69) is 10.3 Å². The van der Waals surface area contributed by atoms with Crippen LogP contribution in [0.25, 0.3) is 16.0 Å². The highest BCUT2D eigenvalue weighted by atomic mass is 35.5. The first-order chi connectivity index (χ1) is 12.1. The van der Waals surface area contributed by atoms with Crippen molar-refractivity contribution in [3.8, 4) is 16.0 Å². The van der Waals surface area contributed by atoms with E-state index in [1.165, 1.54) is 17.4 Å². The van der Waals surface area contributed by atoms with E-state index >= 15 is 0 Å². The Morgan fingerprint density at radius 3 is 2.80 bits per heavy atom. The number of nitriles is 1. The highest BCUT2D eigenvalue weighted by molar-refractivity contribution is 7.20. The number of nitrogens with one attached hydrogen (secondary N) is 1. The van der Waals surface area contributed by atoms with Gasteiger partial charge in [-0.3, -0.25) is 4.79 Å². The van der Waals surface area contributed by atoms with Crippen LogP contribution in [0.4, 0.5) is 5.69 Å². The summed E-state index contributed by atoms with van der Waals surface area (Å²) in [6, 6.07) is 10.7. The van der Waals surface area contributed by atoms with Gasteiger partial charge in [0.1, 0.15) is 16.6 Å². The Morgan fingerprint density at radius 2 is 2.08 bits per heavy atom. The lowest BCUT2D eigenvalue weighted by molar-refractivity contribution is -0.112. The maximum Gasteiger partial charge on any atom is 0.266 e. The minimum Gasteiger partial charge on any atom is -0.320 e. The molecule has 0 unspecified atom stereocenters. The zero-order valence-corrected chi connectivity index (χ0v) is 15.6. The number of nitrogens with zero attached hydrogens (tertiary/aromatic N) is 2. The van der Waals surface area contributed by atoms with E-state index in [1.54, 1.807) is 34.9 Å². The fourth-order valence-electron chi connectivity index (χ4n) is 1.95. The lowest BCUT2D eigenvalue weighted by Crippen LogP contribution is -2.13. The molecule has 0 atom stereocenters. The van der Waals surface area contributed by atoms with Gasteiger partial charge < -0.3 is 5.32 Å². The van der Waals surface area contributed by atoms with Crippen LogP contribution in [0.15, 0.2) is 46.7 Å². The van der Waals surface area contributed by atoms with Crippen LogP contribution in [-0.2, 0) is 4.79 Å². The molecule has 0 aliphatic rings. The van der Waals surface area contributed by atoms with E-state index in [4.69, 9.17) is 23.2 Å². The number of rotatable bonds is 4. The number of amides is 1. The quantitative estimate of drug-likeness (QED) is 0.445. The predicted octanol–water partition coefficient (Wildman–Crippen LogP) is 5.72. The van der Waals surface area contributed by atoms with Gasteiger partial charge in [0.25, 0.3) is 5.91 Å². The van der Waals surface area contributed by atoms with Gasteiger partial charge in [0.05, 0.1) is 26.3 Å². The molecule has 4 nitrogen and oxygen atoms in total. The molecule has 2 aromatic heterocycles. The number of thiophene rings is 1. The smallest absolute Gasteiger partial charge is 0.266 e. The summed E-state index contributed by atoms with van der Waals surface area (Å²) in [6.45, 7) is 0. The molecule has 0 aliphatic carbocycles. The van der Waals surface area contributed by atoms with Gasteiger partial charge >= 0.3 is 0 Å². The number of anilines is 1. The van der Waals surface area contributed by atoms with Gasteiger partial charge in [-0.2, -0.15) is 5.26 Å². The van der Waals surface area contributed by atoms with Gasteiger partial charge in [0.2, 0.25) is 0 Å². The normalized spacial score (nSPS) is 11.2. The number of benzene rings is 1. The molecular formula is C17H9Cl2N3OS2. The molecule has 1 N–H and O–H groups in total. The van der Waals surface area contributed by atoms with Gasteiger partial charge in [0, 0.05) is 5.38 Å². The number of halogens is 2. The molecule has 0 aliphatic heterocycles. The average molecular weight is 406 g/mol. The van der Waals surface area contributed by atoms with Crippen LogP contribution < -0.4 is 5.32 Å². The van der Waals surface area contributed by atoms with Gasteiger partial charge in [-0.1, -0.05) is 35.3 Å². The molecule has 0 spiro atoms. The van der Waals surface area contributed by atoms with Crippen molar-refractivity contribution in [2.75, 3.05) is 5.32 Å². The van der Waals surface area contributed by atoms with Crippen molar-refractivity contribution in [3.63, 3.8) is 0 Å². The molecule has 124 valence electrons. The fourth-order valence-corrected chi connectivity index (χ4v) is 3.89. The molecule has 0 saturated carbocycles. The highest BCUT2D eigenvalue weighted by Gasteiger charge is 2.14. The molecular weight excluding hydrogens is 397 g/mol. The molecule has 25 heavy (non-hydrogen) atoms. The average Bonchev–Trinajstić information content (AvgIpc) is 3.27. The number of hydrogen-bond donors (Lipinski definition) is 1. The van der Waals surface area contributed by atoms with Crippen LogP contribution in [0.1, 0.15) is 5.69 Å². The fraction of sp³-hybridized carbons (Fsp3) is 0. The maximum absolute atomic E-state index is 12.3. The van der Waals surface area contributed by atoms with Crippen LogP contribution in [0.5, 0.6) is 0 Å². The van der Waals surface area contributed by atoms with Gasteiger partial charge in [-0.15, -0.1) is 22.7 Å². The SMILES string of the molecule is N#C/C(=C\c1csc(-c2cccs2)n1)C(=O)Nc1cccc(Cl)c1Cl. The minimum absolute atomic E-state index is 0.0703. The Morgan fingerprint density at radius 1 is 1.24 bits per heavy atom. The third-order valence-electron chi connectivity index (χ3n) is 3.11. The molecule has 0 saturated heterocycles. The Bertz CT molecular complexity index is 988. The molecule has 0 radical (unpaired) electrons.